The molecule has 0 aromatic rings. The van der Waals surface area contributed by atoms with Gasteiger partial charge in [-0.25, -0.2) is 0 Å². The van der Waals surface area contributed by atoms with Gasteiger partial charge >= 0.3 is 17.4 Å². The minimum atomic E-state index is 0. The molecular weight excluding hydrogens is 155 g/mol. The molecule has 5 heteroatoms. The Morgan fingerprint density at radius 1 is 0.600 bits per heavy atom. The molecule has 0 radical (unpaired) electrons. The first-order valence-electron chi connectivity index (χ1n) is 0. The summed E-state index contributed by atoms with van der Waals surface area (Å²) in [6.07, 6.45) is 0. The molecule has 0 amide bonds. The molecule has 2 nitrogen and oxygen atoms in total. The maximum atomic E-state index is 0. The summed E-state index contributed by atoms with van der Waals surface area (Å²) >= 11 is 0. The third kappa shape index (κ3) is 43.4. The maximum absolute atomic E-state index is 0. The smallest absolute Gasteiger partial charge is 1.00 e. The van der Waals surface area contributed by atoms with E-state index in [0.29, 0.717) is 0 Å². The van der Waals surface area contributed by atoms with Gasteiger partial charge in [-0.1, -0.05) is 0 Å². The zero-order valence-corrected chi connectivity index (χ0v) is 4.95. The van der Waals surface area contributed by atoms with E-state index in [1.54, 1.807) is 0 Å². The molecule has 5 heavy (non-hydrogen) atoms. The van der Waals surface area contributed by atoms with Crippen LogP contribution in [0, 0.1) is 0 Å². The number of halogens is 2. The molecule has 36 valence electrons. The van der Waals surface area contributed by atoms with Crippen LogP contribution in [0.1, 0.15) is 0 Å². The normalized spacial score (nSPS) is 0. The Bertz CT molecular complexity index is 7.61. The third-order valence-corrected chi connectivity index (χ3v) is 0. The second kappa shape index (κ2) is 76.8. The molecule has 0 spiro atoms. The van der Waals surface area contributed by atoms with Gasteiger partial charge in [0.2, 0.25) is 0 Å². The Morgan fingerprint density at radius 3 is 0.600 bits per heavy atom. The Labute approximate surface area is 53.5 Å². The van der Waals surface area contributed by atoms with Crippen molar-refractivity contribution in [1.82, 2.24) is 0 Å². The molecule has 0 bridgehead atoms. The molecule has 0 aliphatic heterocycles. The molecule has 0 aliphatic carbocycles. The van der Waals surface area contributed by atoms with Crippen molar-refractivity contribution in [3.05, 3.63) is 0 Å². The van der Waals surface area contributed by atoms with E-state index in [1.807, 2.05) is 0 Å². The molecule has 4 N–H and O–H groups in total. The quantitative estimate of drug-likeness (QED) is 0.337. The first-order valence-corrected chi connectivity index (χ1v) is 0. The van der Waals surface area contributed by atoms with E-state index in [0.717, 1.165) is 0 Å². The van der Waals surface area contributed by atoms with Gasteiger partial charge in [0.05, 0.1) is 0 Å². The van der Waals surface area contributed by atoms with Crippen LogP contribution >= 0.6 is 0 Å². The van der Waals surface area contributed by atoms with Crippen LogP contribution in [0.4, 0.5) is 0 Å². The SMILES string of the molecule is O.O.[Cl-].[Cl-].[Cr+2]. The van der Waals surface area contributed by atoms with Crippen molar-refractivity contribution < 1.29 is 53.1 Å². The summed E-state index contributed by atoms with van der Waals surface area (Å²) in [4.78, 5) is 0. The fourth-order valence-corrected chi connectivity index (χ4v) is 0. The Balaban J connectivity index is 0. The standard InChI is InChI=1S/2ClH.Cr.2H2O/h2*1H;;2*1H2/q;;+2;;/p-2. The zero-order valence-electron chi connectivity index (χ0n) is 2.16. The predicted octanol–water partition coefficient (Wildman–Crippen LogP) is -7.64. The van der Waals surface area contributed by atoms with Crippen molar-refractivity contribution in [3.63, 3.8) is 0 Å². The molecular formula is H4Cl2CrO2. The van der Waals surface area contributed by atoms with Gasteiger partial charge in [-0.2, -0.15) is 0 Å². The van der Waals surface area contributed by atoms with E-state index in [2.05, 4.69) is 0 Å². The fourth-order valence-electron chi connectivity index (χ4n) is 0. The van der Waals surface area contributed by atoms with Crippen LogP contribution in [0.3, 0.4) is 0 Å². The number of rotatable bonds is 0. The van der Waals surface area contributed by atoms with E-state index < -0.39 is 0 Å². The van der Waals surface area contributed by atoms with Crippen LogP contribution in [0.15, 0.2) is 0 Å². The largest absolute Gasteiger partial charge is 2.00 e. The zero-order chi connectivity index (χ0) is 0. The second-order valence-electron chi connectivity index (χ2n) is 0. The Hall–Kier alpha value is 1.03. The summed E-state index contributed by atoms with van der Waals surface area (Å²) in [6, 6.07) is 0. The molecule has 0 saturated heterocycles. The van der Waals surface area contributed by atoms with Crippen molar-refractivity contribution in [2.45, 2.75) is 0 Å². The van der Waals surface area contributed by atoms with Gasteiger partial charge < -0.3 is 35.8 Å². The molecule has 0 atom stereocenters. The van der Waals surface area contributed by atoms with Crippen LogP contribution in [0.25, 0.3) is 0 Å². The first-order chi connectivity index (χ1) is 0. The van der Waals surface area contributed by atoms with Gasteiger partial charge in [-0.3, -0.25) is 0 Å². The first kappa shape index (κ1) is 143. The van der Waals surface area contributed by atoms with Crippen molar-refractivity contribution in [2.24, 2.45) is 0 Å². The molecule has 0 fully saturated rings. The van der Waals surface area contributed by atoms with E-state index in [9.17, 15) is 0 Å². The molecule has 0 aromatic carbocycles. The topological polar surface area (TPSA) is 63.0 Å². The van der Waals surface area contributed by atoms with Crippen molar-refractivity contribution in [3.8, 4) is 0 Å². The number of hydrogen-bond donors (Lipinski definition) is 0. The average molecular weight is 159 g/mol. The predicted molar refractivity (Wildman–Crippen MR) is 7.23 cm³/mol. The van der Waals surface area contributed by atoms with Crippen LogP contribution in [-0.4, -0.2) is 11.0 Å². The molecule has 0 unspecified atom stereocenters. The minimum Gasteiger partial charge on any atom is -1.00 e. The Morgan fingerprint density at radius 2 is 0.600 bits per heavy atom. The minimum absolute atomic E-state index is 0. The molecule has 0 heterocycles. The summed E-state index contributed by atoms with van der Waals surface area (Å²) in [7, 11) is 0. The van der Waals surface area contributed by atoms with Gasteiger partial charge in [-0.05, 0) is 0 Å². The van der Waals surface area contributed by atoms with Crippen molar-refractivity contribution in [2.75, 3.05) is 0 Å². The molecule has 0 aromatic heterocycles. The maximum Gasteiger partial charge on any atom is 2.00 e. The van der Waals surface area contributed by atoms with Gasteiger partial charge in [0.25, 0.3) is 0 Å². The van der Waals surface area contributed by atoms with Crippen LogP contribution in [-0.2, 0) is 17.4 Å². The summed E-state index contributed by atoms with van der Waals surface area (Å²) < 4.78 is 0. The van der Waals surface area contributed by atoms with Crippen molar-refractivity contribution >= 4 is 0 Å². The fraction of sp³-hybridized carbons (Fsp3) is 0. The monoisotopic (exact) mass is 158 g/mol. The molecule has 0 rings (SSSR count). The third-order valence-electron chi connectivity index (χ3n) is 0. The second-order valence-corrected chi connectivity index (χ2v) is 0. The summed E-state index contributed by atoms with van der Waals surface area (Å²) in [5, 5.41) is 0. The van der Waals surface area contributed by atoms with E-state index in [-0.39, 0.29) is 53.1 Å². The van der Waals surface area contributed by atoms with Gasteiger partial charge in [0, 0.05) is 0 Å². The van der Waals surface area contributed by atoms with E-state index in [1.165, 1.54) is 0 Å². The van der Waals surface area contributed by atoms with Gasteiger partial charge in [0.15, 0.2) is 0 Å². The summed E-state index contributed by atoms with van der Waals surface area (Å²) in [5.74, 6) is 0. The van der Waals surface area contributed by atoms with Crippen LogP contribution < -0.4 is 24.8 Å². The van der Waals surface area contributed by atoms with Crippen LogP contribution in [0.5, 0.6) is 0 Å². The Kier molecular flexibility index (Phi) is 2200. The number of hydrogen-bond acceptors (Lipinski definition) is 0. The average Bonchev–Trinajstić information content (AvgIpc) is 0. The van der Waals surface area contributed by atoms with Gasteiger partial charge in [0.1, 0.15) is 0 Å². The molecule has 0 aliphatic rings. The van der Waals surface area contributed by atoms with Crippen LogP contribution in [0.2, 0.25) is 0 Å². The summed E-state index contributed by atoms with van der Waals surface area (Å²) in [5.41, 5.74) is 0. The van der Waals surface area contributed by atoms with E-state index in [4.69, 9.17) is 0 Å². The van der Waals surface area contributed by atoms with Gasteiger partial charge in [-0.15, -0.1) is 0 Å². The van der Waals surface area contributed by atoms with Crippen molar-refractivity contribution in [1.29, 1.82) is 0 Å². The van der Waals surface area contributed by atoms with E-state index >= 15 is 0 Å². The molecule has 0 saturated carbocycles. The summed E-state index contributed by atoms with van der Waals surface area (Å²) in [6.45, 7) is 0.